The number of nitrogens with zero attached hydrogens (tertiary/aromatic N) is 3. The average Bonchev–Trinajstić information content (AvgIpc) is 3.23. The second-order valence-corrected chi connectivity index (χ2v) is 8.50. The Labute approximate surface area is 199 Å². The number of fused-ring (bicyclic) bond motifs is 1. The van der Waals surface area contributed by atoms with Gasteiger partial charge < -0.3 is 14.4 Å². The molecule has 1 aliphatic carbocycles. The number of alkyl halides is 3. The summed E-state index contributed by atoms with van der Waals surface area (Å²) in [5.74, 6) is -0.509. The maximum Gasteiger partial charge on any atom is 0.435 e. The summed E-state index contributed by atoms with van der Waals surface area (Å²) in [5.41, 5.74) is -0.199. The Balaban J connectivity index is 1.47. The Morgan fingerprint density at radius 2 is 1.69 bits per heavy atom. The third-order valence-corrected chi connectivity index (χ3v) is 6.34. The number of rotatable bonds is 5. The monoisotopic (exact) mass is 485 g/mol. The summed E-state index contributed by atoms with van der Waals surface area (Å²) in [6, 6.07) is 12.6. The van der Waals surface area contributed by atoms with Gasteiger partial charge in [-0.05, 0) is 74.2 Å². The van der Waals surface area contributed by atoms with Crippen molar-refractivity contribution in [2.24, 2.45) is 0 Å². The quantitative estimate of drug-likeness (QED) is 0.485. The van der Waals surface area contributed by atoms with Crippen LogP contribution in [0.1, 0.15) is 51.4 Å². The molecular formula is C25H22F3N3O4. The predicted molar refractivity (Wildman–Crippen MR) is 120 cm³/mol. The molecule has 1 saturated carbocycles. The maximum absolute atomic E-state index is 13.7. The first-order valence-corrected chi connectivity index (χ1v) is 11.2. The van der Waals surface area contributed by atoms with Crippen LogP contribution in [0.25, 0.3) is 5.69 Å². The lowest BCUT2D eigenvalue weighted by Gasteiger charge is -2.28. The summed E-state index contributed by atoms with van der Waals surface area (Å²) in [7, 11) is 1.48. The van der Waals surface area contributed by atoms with Crippen molar-refractivity contribution >= 4 is 17.6 Å². The normalized spacial score (nSPS) is 16.0. The van der Waals surface area contributed by atoms with Crippen molar-refractivity contribution in [2.75, 3.05) is 18.6 Å². The van der Waals surface area contributed by atoms with Crippen molar-refractivity contribution in [1.82, 2.24) is 9.78 Å². The Hall–Kier alpha value is -3.82. The lowest BCUT2D eigenvalue weighted by molar-refractivity contribution is -0.141. The molecule has 1 amide bonds. The highest BCUT2D eigenvalue weighted by atomic mass is 19.4. The fourth-order valence-corrected chi connectivity index (χ4v) is 4.23. The number of hydrogen-bond acceptors (Lipinski definition) is 5. The van der Waals surface area contributed by atoms with E-state index in [0.717, 1.165) is 23.9 Å². The summed E-state index contributed by atoms with van der Waals surface area (Å²) in [4.78, 5) is 27.1. The number of hydrogen-bond donors (Lipinski definition) is 0. The van der Waals surface area contributed by atoms with E-state index in [4.69, 9.17) is 9.47 Å². The fourth-order valence-electron chi connectivity index (χ4n) is 4.23. The van der Waals surface area contributed by atoms with E-state index in [2.05, 4.69) is 5.10 Å². The summed E-state index contributed by atoms with van der Waals surface area (Å²) < 4.78 is 52.8. The first kappa shape index (κ1) is 22.9. The molecule has 182 valence electrons. The molecule has 2 aromatic carbocycles. The second kappa shape index (κ2) is 8.75. The van der Waals surface area contributed by atoms with E-state index in [-0.39, 0.29) is 30.3 Å². The van der Waals surface area contributed by atoms with Crippen LogP contribution in [0.5, 0.6) is 5.75 Å². The van der Waals surface area contributed by atoms with Crippen molar-refractivity contribution in [3.8, 4) is 11.4 Å². The van der Waals surface area contributed by atoms with Crippen LogP contribution in [0.2, 0.25) is 0 Å². The number of amides is 1. The van der Waals surface area contributed by atoms with Crippen molar-refractivity contribution in [1.29, 1.82) is 0 Å². The van der Waals surface area contributed by atoms with Crippen LogP contribution in [0.3, 0.4) is 0 Å². The molecule has 0 unspecified atom stereocenters. The molecule has 1 aromatic heterocycles. The van der Waals surface area contributed by atoms with Crippen LogP contribution >= 0.6 is 0 Å². The molecule has 35 heavy (non-hydrogen) atoms. The van der Waals surface area contributed by atoms with Gasteiger partial charge in [-0.2, -0.15) is 18.3 Å². The van der Waals surface area contributed by atoms with Gasteiger partial charge in [0.15, 0.2) is 5.69 Å². The highest BCUT2D eigenvalue weighted by molar-refractivity contribution is 6.07. The Kier molecular flexibility index (Phi) is 5.74. The summed E-state index contributed by atoms with van der Waals surface area (Å²) in [6.07, 6.45) is -2.01. The summed E-state index contributed by atoms with van der Waals surface area (Å²) >= 11 is 0. The fraction of sp³-hybridized carbons (Fsp3) is 0.320. The van der Waals surface area contributed by atoms with Gasteiger partial charge in [-0.3, -0.25) is 4.79 Å². The summed E-state index contributed by atoms with van der Waals surface area (Å²) in [6.45, 7) is 0.0507. The van der Waals surface area contributed by atoms with E-state index in [1.54, 1.807) is 48.5 Å². The minimum absolute atomic E-state index is 0.0163. The van der Waals surface area contributed by atoms with Gasteiger partial charge in [-0.25, -0.2) is 9.48 Å². The number of halogens is 3. The van der Waals surface area contributed by atoms with E-state index in [9.17, 15) is 22.8 Å². The SMILES string of the molecule is COc1ccc(-n2nc(C(F)(F)F)c3c2C(=O)N(c2ccc(C(=O)OC4CCC4)cc2)CC3)cc1. The number of carbonyl (C=O) groups excluding carboxylic acids is 2. The van der Waals surface area contributed by atoms with Crippen LogP contribution < -0.4 is 9.64 Å². The highest BCUT2D eigenvalue weighted by Crippen LogP contribution is 2.37. The minimum atomic E-state index is -4.70. The molecule has 5 rings (SSSR count). The van der Waals surface area contributed by atoms with Crippen LogP contribution in [-0.2, 0) is 17.3 Å². The van der Waals surface area contributed by atoms with Gasteiger partial charge in [0.2, 0.25) is 0 Å². The molecule has 3 aromatic rings. The van der Waals surface area contributed by atoms with Crippen molar-refractivity contribution in [2.45, 2.75) is 38.0 Å². The number of aromatic nitrogens is 2. The van der Waals surface area contributed by atoms with E-state index in [1.165, 1.54) is 12.0 Å². The molecule has 7 nitrogen and oxygen atoms in total. The molecule has 0 saturated heterocycles. The zero-order chi connectivity index (χ0) is 24.7. The molecule has 1 aliphatic heterocycles. The van der Waals surface area contributed by atoms with Crippen LogP contribution in [0, 0.1) is 0 Å². The van der Waals surface area contributed by atoms with Gasteiger partial charge in [0, 0.05) is 17.8 Å². The number of anilines is 1. The molecule has 2 heterocycles. The summed E-state index contributed by atoms with van der Waals surface area (Å²) in [5, 5.41) is 3.79. The van der Waals surface area contributed by atoms with Crippen molar-refractivity contribution < 1.29 is 32.2 Å². The molecule has 10 heteroatoms. The molecule has 0 bridgehead atoms. The minimum Gasteiger partial charge on any atom is -0.497 e. The Bertz CT molecular complexity index is 1260. The van der Waals surface area contributed by atoms with Crippen molar-refractivity contribution in [3.05, 3.63) is 71.0 Å². The Morgan fingerprint density at radius 3 is 2.26 bits per heavy atom. The smallest absolute Gasteiger partial charge is 0.435 e. The number of methoxy groups -OCH3 is 1. The standard InChI is InChI=1S/C25H22F3N3O4/c1-34-18-11-9-17(10-12-18)31-21-20(22(29-31)25(26,27)28)13-14-30(23(21)32)16-7-5-15(6-8-16)24(33)35-19-3-2-4-19/h5-12,19H,2-4,13-14H2,1H3. The zero-order valence-corrected chi connectivity index (χ0v) is 18.8. The number of esters is 1. The predicted octanol–water partition coefficient (Wildman–Crippen LogP) is 4.81. The van der Waals surface area contributed by atoms with Crippen LogP contribution in [0.15, 0.2) is 48.5 Å². The largest absolute Gasteiger partial charge is 0.497 e. The van der Waals surface area contributed by atoms with E-state index < -0.39 is 23.7 Å². The third kappa shape index (κ3) is 4.24. The average molecular weight is 485 g/mol. The lowest BCUT2D eigenvalue weighted by Crippen LogP contribution is -2.39. The van der Waals surface area contributed by atoms with Gasteiger partial charge in [0.1, 0.15) is 17.5 Å². The molecule has 0 spiro atoms. The van der Waals surface area contributed by atoms with E-state index in [0.29, 0.717) is 22.7 Å². The van der Waals surface area contributed by atoms with Gasteiger partial charge in [0.05, 0.1) is 18.4 Å². The molecule has 2 aliphatic rings. The lowest BCUT2D eigenvalue weighted by atomic mass is 9.96. The van der Waals surface area contributed by atoms with Crippen LogP contribution in [0.4, 0.5) is 18.9 Å². The number of carbonyl (C=O) groups is 2. The van der Waals surface area contributed by atoms with Gasteiger partial charge in [0.25, 0.3) is 5.91 Å². The topological polar surface area (TPSA) is 73.7 Å². The van der Waals surface area contributed by atoms with Gasteiger partial charge >= 0.3 is 12.1 Å². The van der Waals surface area contributed by atoms with E-state index >= 15 is 0 Å². The Morgan fingerprint density at radius 1 is 1.03 bits per heavy atom. The first-order valence-electron chi connectivity index (χ1n) is 11.2. The zero-order valence-electron chi connectivity index (χ0n) is 18.8. The van der Waals surface area contributed by atoms with Gasteiger partial charge in [-0.15, -0.1) is 0 Å². The second-order valence-electron chi connectivity index (χ2n) is 8.50. The molecule has 0 radical (unpaired) electrons. The van der Waals surface area contributed by atoms with Crippen LogP contribution in [-0.4, -0.2) is 41.4 Å². The van der Waals surface area contributed by atoms with Crippen molar-refractivity contribution in [3.63, 3.8) is 0 Å². The highest BCUT2D eigenvalue weighted by Gasteiger charge is 2.43. The van der Waals surface area contributed by atoms with E-state index in [1.807, 2.05) is 0 Å². The van der Waals surface area contributed by atoms with Gasteiger partial charge in [-0.1, -0.05) is 0 Å². The maximum atomic E-state index is 13.7. The number of benzene rings is 2. The molecule has 0 atom stereocenters. The molecular weight excluding hydrogens is 463 g/mol. The molecule has 0 N–H and O–H groups in total. The number of ether oxygens (including phenoxy) is 2. The third-order valence-electron chi connectivity index (χ3n) is 6.34. The molecule has 1 fully saturated rings. The first-order chi connectivity index (χ1) is 16.8.